The van der Waals surface area contributed by atoms with Crippen molar-refractivity contribution in [2.75, 3.05) is 0 Å². The molecule has 0 unspecified atom stereocenters. The van der Waals surface area contributed by atoms with Crippen LogP contribution in [0.2, 0.25) is 0 Å². The Kier molecular flexibility index (Phi) is 2.64. The minimum atomic E-state index is 0.270. The van der Waals surface area contributed by atoms with Crippen molar-refractivity contribution in [3.63, 3.8) is 0 Å². The van der Waals surface area contributed by atoms with E-state index in [1.165, 1.54) is 0 Å². The van der Waals surface area contributed by atoms with Crippen molar-refractivity contribution in [2.24, 2.45) is 0 Å². The number of fused-ring (bicyclic) bond motifs is 1. The lowest BCUT2D eigenvalue weighted by atomic mass is 9.97. The SMILES string of the molecule is Cc1cc(-c2cccc3cc(O)ccc23)ccc1O. The molecule has 0 bridgehead atoms. The average Bonchev–Trinajstić information content (AvgIpc) is 2.41. The van der Waals surface area contributed by atoms with Crippen molar-refractivity contribution in [3.8, 4) is 22.6 Å². The molecule has 0 saturated carbocycles. The maximum absolute atomic E-state index is 9.61. The van der Waals surface area contributed by atoms with Crippen molar-refractivity contribution >= 4 is 10.8 Å². The van der Waals surface area contributed by atoms with Gasteiger partial charge in [0.25, 0.3) is 0 Å². The van der Waals surface area contributed by atoms with Gasteiger partial charge in [-0.05, 0) is 58.7 Å². The van der Waals surface area contributed by atoms with E-state index < -0.39 is 0 Å². The summed E-state index contributed by atoms with van der Waals surface area (Å²) in [4.78, 5) is 0. The molecule has 3 rings (SSSR count). The van der Waals surface area contributed by atoms with Crippen LogP contribution >= 0.6 is 0 Å². The molecule has 3 aromatic rings. The number of hydrogen-bond acceptors (Lipinski definition) is 2. The van der Waals surface area contributed by atoms with E-state index in [9.17, 15) is 10.2 Å². The van der Waals surface area contributed by atoms with E-state index in [1.807, 2.05) is 43.3 Å². The van der Waals surface area contributed by atoms with E-state index in [-0.39, 0.29) is 5.75 Å². The maximum Gasteiger partial charge on any atom is 0.118 e. The quantitative estimate of drug-likeness (QED) is 0.678. The molecule has 0 aliphatic carbocycles. The van der Waals surface area contributed by atoms with Crippen LogP contribution in [0.1, 0.15) is 5.56 Å². The van der Waals surface area contributed by atoms with E-state index >= 15 is 0 Å². The average molecular weight is 250 g/mol. The molecule has 0 saturated heterocycles. The van der Waals surface area contributed by atoms with Gasteiger partial charge in [0.15, 0.2) is 0 Å². The zero-order chi connectivity index (χ0) is 13.4. The monoisotopic (exact) mass is 250 g/mol. The van der Waals surface area contributed by atoms with E-state index in [4.69, 9.17) is 0 Å². The normalized spacial score (nSPS) is 10.8. The molecule has 2 heteroatoms. The summed E-state index contributed by atoms with van der Waals surface area (Å²) in [6.07, 6.45) is 0. The van der Waals surface area contributed by atoms with E-state index in [0.717, 1.165) is 27.5 Å². The second-order valence-corrected chi connectivity index (χ2v) is 4.71. The molecule has 94 valence electrons. The fourth-order valence-electron chi connectivity index (χ4n) is 2.35. The van der Waals surface area contributed by atoms with Crippen molar-refractivity contribution < 1.29 is 10.2 Å². The number of phenols is 2. The van der Waals surface area contributed by atoms with Gasteiger partial charge in [0.1, 0.15) is 11.5 Å². The summed E-state index contributed by atoms with van der Waals surface area (Å²) in [5, 5.41) is 21.2. The van der Waals surface area contributed by atoms with Crippen molar-refractivity contribution in [2.45, 2.75) is 6.92 Å². The second-order valence-electron chi connectivity index (χ2n) is 4.71. The van der Waals surface area contributed by atoms with Crippen LogP contribution in [0, 0.1) is 6.92 Å². The number of rotatable bonds is 1. The van der Waals surface area contributed by atoms with Crippen LogP contribution in [0.15, 0.2) is 54.6 Å². The lowest BCUT2D eigenvalue weighted by Gasteiger charge is -2.09. The number of aromatic hydroxyl groups is 2. The highest BCUT2D eigenvalue weighted by atomic mass is 16.3. The molecule has 0 heterocycles. The molecule has 0 amide bonds. The Morgan fingerprint density at radius 2 is 1.68 bits per heavy atom. The molecule has 0 aliphatic rings. The Bertz CT molecular complexity index is 760. The molecule has 0 atom stereocenters. The second kappa shape index (κ2) is 4.32. The summed E-state index contributed by atoms with van der Waals surface area (Å²) in [6.45, 7) is 1.88. The van der Waals surface area contributed by atoms with Crippen molar-refractivity contribution in [1.29, 1.82) is 0 Å². The van der Waals surface area contributed by atoms with Crippen LogP contribution in [0.25, 0.3) is 21.9 Å². The first-order valence-electron chi connectivity index (χ1n) is 6.17. The van der Waals surface area contributed by atoms with Gasteiger partial charge in [-0.1, -0.05) is 30.3 Å². The number of phenolic OH excluding ortho intramolecular Hbond substituents is 2. The van der Waals surface area contributed by atoms with Crippen LogP contribution in [0.3, 0.4) is 0 Å². The molecular formula is C17H14O2. The van der Waals surface area contributed by atoms with Gasteiger partial charge < -0.3 is 10.2 Å². The zero-order valence-corrected chi connectivity index (χ0v) is 10.6. The van der Waals surface area contributed by atoms with Gasteiger partial charge in [-0.2, -0.15) is 0 Å². The highest BCUT2D eigenvalue weighted by Gasteiger charge is 2.06. The summed E-state index contributed by atoms with van der Waals surface area (Å²) in [5.41, 5.74) is 3.01. The summed E-state index contributed by atoms with van der Waals surface area (Å²) >= 11 is 0. The summed E-state index contributed by atoms with van der Waals surface area (Å²) in [7, 11) is 0. The highest BCUT2D eigenvalue weighted by Crippen LogP contribution is 2.32. The van der Waals surface area contributed by atoms with Crippen LogP contribution in [-0.2, 0) is 0 Å². The van der Waals surface area contributed by atoms with Gasteiger partial charge in [0.05, 0.1) is 0 Å². The third-order valence-corrected chi connectivity index (χ3v) is 3.37. The van der Waals surface area contributed by atoms with Crippen molar-refractivity contribution in [1.82, 2.24) is 0 Å². The minimum Gasteiger partial charge on any atom is -0.508 e. The molecule has 0 radical (unpaired) electrons. The van der Waals surface area contributed by atoms with Crippen molar-refractivity contribution in [3.05, 3.63) is 60.2 Å². The first-order chi connectivity index (χ1) is 9.15. The van der Waals surface area contributed by atoms with Gasteiger partial charge in [-0.25, -0.2) is 0 Å². The third-order valence-electron chi connectivity index (χ3n) is 3.37. The predicted molar refractivity (Wildman–Crippen MR) is 77.5 cm³/mol. The molecule has 0 aromatic heterocycles. The highest BCUT2D eigenvalue weighted by molar-refractivity contribution is 5.97. The van der Waals surface area contributed by atoms with E-state index in [0.29, 0.717) is 5.75 Å². The molecule has 2 nitrogen and oxygen atoms in total. The van der Waals surface area contributed by atoms with Gasteiger partial charge in [0.2, 0.25) is 0 Å². The lowest BCUT2D eigenvalue weighted by molar-refractivity contribution is 0.471. The zero-order valence-electron chi connectivity index (χ0n) is 10.6. The Balaban J connectivity index is 2.27. The fraction of sp³-hybridized carbons (Fsp3) is 0.0588. The Morgan fingerprint density at radius 1 is 0.842 bits per heavy atom. The van der Waals surface area contributed by atoms with Gasteiger partial charge >= 0.3 is 0 Å². The van der Waals surface area contributed by atoms with Crippen LogP contribution in [-0.4, -0.2) is 10.2 Å². The summed E-state index contributed by atoms with van der Waals surface area (Å²) < 4.78 is 0. The molecule has 0 spiro atoms. The van der Waals surface area contributed by atoms with Crippen LogP contribution < -0.4 is 0 Å². The largest absolute Gasteiger partial charge is 0.508 e. The maximum atomic E-state index is 9.61. The smallest absolute Gasteiger partial charge is 0.118 e. The van der Waals surface area contributed by atoms with E-state index in [2.05, 4.69) is 0 Å². The van der Waals surface area contributed by atoms with Gasteiger partial charge in [-0.3, -0.25) is 0 Å². The fourth-order valence-corrected chi connectivity index (χ4v) is 2.35. The Labute approximate surface area is 111 Å². The van der Waals surface area contributed by atoms with Crippen LogP contribution in [0.4, 0.5) is 0 Å². The predicted octanol–water partition coefficient (Wildman–Crippen LogP) is 4.23. The van der Waals surface area contributed by atoms with Gasteiger partial charge in [-0.15, -0.1) is 0 Å². The summed E-state index contributed by atoms with van der Waals surface area (Å²) in [5.74, 6) is 0.577. The standard InChI is InChI=1S/C17H14O2/c1-11-9-13(5-8-17(11)19)15-4-2-3-12-10-14(18)6-7-16(12)15/h2-10,18-19H,1H3. The molecule has 2 N–H and O–H groups in total. The molecule has 19 heavy (non-hydrogen) atoms. The molecular weight excluding hydrogens is 236 g/mol. The molecule has 3 aromatic carbocycles. The Morgan fingerprint density at radius 3 is 2.47 bits per heavy atom. The molecule has 0 fully saturated rings. The molecule has 0 aliphatic heterocycles. The lowest BCUT2D eigenvalue weighted by Crippen LogP contribution is -1.83. The summed E-state index contributed by atoms with van der Waals surface area (Å²) in [6, 6.07) is 17.0. The number of hydrogen-bond donors (Lipinski definition) is 2. The van der Waals surface area contributed by atoms with Gasteiger partial charge in [0, 0.05) is 0 Å². The first-order valence-corrected chi connectivity index (χ1v) is 6.17. The third kappa shape index (κ3) is 2.02. The Hall–Kier alpha value is -2.48. The number of aryl methyl sites for hydroxylation is 1. The topological polar surface area (TPSA) is 40.5 Å². The first kappa shape index (κ1) is 11.6. The number of benzene rings is 3. The van der Waals surface area contributed by atoms with Crippen LogP contribution in [0.5, 0.6) is 11.5 Å². The minimum absolute atomic E-state index is 0.270. The van der Waals surface area contributed by atoms with E-state index in [1.54, 1.807) is 18.2 Å².